The Hall–Kier alpha value is -4.13. The molecule has 0 atom stereocenters. The molecule has 0 saturated carbocycles. The van der Waals surface area contributed by atoms with Crippen LogP contribution in [-0.2, 0) is 0 Å². The van der Waals surface area contributed by atoms with Gasteiger partial charge in [0.05, 0.1) is 26.8 Å². The highest BCUT2D eigenvalue weighted by atomic mass is 16.5. The predicted octanol–water partition coefficient (Wildman–Crippen LogP) is 5.54. The number of nitrogens with zero attached hydrogens (tertiary/aromatic N) is 1. The van der Waals surface area contributed by atoms with Crippen molar-refractivity contribution in [2.24, 2.45) is 0 Å². The summed E-state index contributed by atoms with van der Waals surface area (Å²) in [5.74, 6) is 4.10. The third-order valence-electron chi connectivity index (χ3n) is 5.05. The minimum atomic E-state index is 0.507. The van der Waals surface area contributed by atoms with Gasteiger partial charge < -0.3 is 29.0 Å². The molecule has 33 heavy (non-hydrogen) atoms. The Bertz CT molecular complexity index is 1210. The van der Waals surface area contributed by atoms with Gasteiger partial charge in [0.1, 0.15) is 18.1 Å². The molecule has 1 aromatic heterocycles. The number of fused-ring (bicyclic) bond motifs is 1. The van der Waals surface area contributed by atoms with Gasteiger partial charge in [-0.2, -0.15) is 0 Å². The lowest BCUT2D eigenvalue weighted by atomic mass is 10.2. The minimum Gasteiger partial charge on any atom is -0.493 e. The van der Waals surface area contributed by atoms with E-state index >= 15 is 0 Å². The number of rotatable bonds is 10. The summed E-state index contributed by atoms with van der Waals surface area (Å²) in [6, 6.07) is 20.9. The fourth-order valence-electron chi connectivity index (χ4n) is 3.40. The summed E-state index contributed by atoms with van der Waals surface area (Å²) in [6.07, 6.45) is 1.71. The van der Waals surface area contributed by atoms with E-state index in [-0.39, 0.29) is 0 Å². The molecule has 0 aliphatic heterocycles. The van der Waals surface area contributed by atoms with Crippen LogP contribution in [0.3, 0.4) is 0 Å². The van der Waals surface area contributed by atoms with E-state index in [9.17, 15) is 0 Å². The Balaban J connectivity index is 1.38. The molecule has 0 spiro atoms. The second kappa shape index (κ2) is 10.5. The van der Waals surface area contributed by atoms with Gasteiger partial charge in [0.2, 0.25) is 0 Å². The lowest BCUT2D eigenvalue weighted by molar-refractivity contribution is 0.306. The minimum absolute atomic E-state index is 0.507. The second-order valence-electron chi connectivity index (χ2n) is 7.09. The van der Waals surface area contributed by atoms with Crippen LogP contribution in [0.25, 0.3) is 10.9 Å². The van der Waals surface area contributed by atoms with E-state index in [0.29, 0.717) is 36.1 Å². The fraction of sp³-hybridized carbons (Fsp3) is 0.192. The van der Waals surface area contributed by atoms with Crippen molar-refractivity contribution in [2.75, 3.05) is 39.8 Å². The van der Waals surface area contributed by atoms with Gasteiger partial charge in [0, 0.05) is 29.9 Å². The van der Waals surface area contributed by atoms with Crippen LogP contribution in [0.4, 0.5) is 5.69 Å². The van der Waals surface area contributed by atoms with Crippen molar-refractivity contribution in [3.63, 3.8) is 0 Å². The molecule has 1 N–H and O–H groups in total. The van der Waals surface area contributed by atoms with Crippen LogP contribution in [-0.4, -0.2) is 39.5 Å². The second-order valence-corrected chi connectivity index (χ2v) is 7.09. The molecule has 7 heteroatoms. The molecule has 4 aromatic rings. The van der Waals surface area contributed by atoms with Gasteiger partial charge in [-0.3, -0.25) is 4.98 Å². The van der Waals surface area contributed by atoms with E-state index in [4.69, 9.17) is 23.7 Å². The average molecular weight is 447 g/mol. The summed E-state index contributed by atoms with van der Waals surface area (Å²) in [5, 5.41) is 4.18. The quantitative estimate of drug-likeness (QED) is 0.321. The summed E-state index contributed by atoms with van der Waals surface area (Å²) in [5.41, 5.74) is 1.73. The van der Waals surface area contributed by atoms with E-state index < -0.39 is 0 Å². The summed E-state index contributed by atoms with van der Waals surface area (Å²) in [6.45, 7) is 1.15. The van der Waals surface area contributed by atoms with E-state index in [1.807, 2.05) is 66.7 Å². The van der Waals surface area contributed by atoms with Crippen LogP contribution in [0.5, 0.6) is 34.5 Å². The normalized spacial score (nSPS) is 10.5. The largest absolute Gasteiger partial charge is 0.493 e. The van der Waals surface area contributed by atoms with E-state index in [1.54, 1.807) is 27.5 Å². The number of aromatic nitrogens is 1. The molecule has 170 valence electrons. The van der Waals surface area contributed by atoms with Crippen molar-refractivity contribution in [2.45, 2.75) is 0 Å². The third kappa shape index (κ3) is 5.20. The summed E-state index contributed by atoms with van der Waals surface area (Å²) < 4.78 is 28.0. The first-order valence-corrected chi connectivity index (χ1v) is 10.5. The van der Waals surface area contributed by atoms with E-state index in [0.717, 1.165) is 28.1 Å². The number of ether oxygens (including phenoxy) is 5. The van der Waals surface area contributed by atoms with Crippen molar-refractivity contribution < 1.29 is 23.7 Å². The first-order chi connectivity index (χ1) is 16.2. The van der Waals surface area contributed by atoms with Crippen LogP contribution in [0, 0.1) is 0 Å². The van der Waals surface area contributed by atoms with Gasteiger partial charge in [-0.15, -0.1) is 0 Å². The van der Waals surface area contributed by atoms with E-state index in [1.165, 1.54) is 0 Å². The smallest absolute Gasteiger partial charge is 0.162 e. The Morgan fingerprint density at radius 3 is 2.15 bits per heavy atom. The number of para-hydroxylation sites is 2. The number of hydrogen-bond acceptors (Lipinski definition) is 7. The number of hydrogen-bond donors (Lipinski definition) is 1. The van der Waals surface area contributed by atoms with Crippen LogP contribution >= 0.6 is 0 Å². The molecule has 0 aliphatic rings. The van der Waals surface area contributed by atoms with Crippen LogP contribution in [0.15, 0.2) is 72.9 Å². The maximum atomic E-state index is 6.13. The molecule has 0 fully saturated rings. The first-order valence-electron chi connectivity index (χ1n) is 10.5. The highest BCUT2D eigenvalue weighted by Crippen LogP contribution is 2.37. The lowest BCUT2D eigenvalue weighted by Crippen LogP contribution is -2.11. The van der Waals surface area contributed by atoms with Crippen LogP contribution in [0.2, 0.25) is 0 Å². The topological polar surface area (TPSA) is 71.1 Å². The number of anilines is 1. The molecule has 1 heterocycles. The Kier molecular flexibility index (Phi) is 6.99. The predicted molar refractivity (Wildman–Crippen MR) is 128 cm³/mol. The standard InChI is InChI=1S/C26H26N2O5/c1-29-23-6-4-5-7-24(23)32-15-14-27-18-8-10-19(11-9-18)33-22-12-13-28-21-17-26(31-3)25(30-2)16-20(21)22/h4-13,16-17,27H,14-15H2,1-3H3. The number of methoxy groups -OCH3 is 3. The molecule has 0 amide bonds. The fourth-order valence-corrected chi connectivity index (χ4v) is 3.40. The molecule has 3 aromatic carbocycles. The Morgan fingerprint density at radius 1 is 0.727 bits per heavy atom. The molecular formula is C26H26N2O5. The molecule has 0 bridgehead atoms. The maximum Gasteiger partial charge on any atom is 0.162 e. The van der Waals surface area contributed by atoms with E-state index in [2.05, 4.69) is 10.3 Å². The van der Waals surface area contributed by atoms with Crippen molar-refractivity contribution in [1.29, 1.82) is 0 Å². The third-order valence-corrected chi connectivity index (χ3v) is 5.05. The molecule has 7 nitrogen and oxygen atoms in total. The Labute approximate surface area is 192 Å². The van der Waals surface area contributed by atoms with Crippen molar-refractivity contribution in [3.8, 4) is 34.5 Å². The monoisotopic (exact) mass is 446 g/mol. The van der Waals surface area contributed by atoms with Crippen molar-refractivity contribution >= 4 is 16.6 Å². The highest BCUT2D eigenvalue weighted by molar-refractivity contribution is 5.88. The number of nitrogens with one attached hydrogen (secondary N) is 1. The van der Waals surface area contributed by atoms with Crippen LogP contribution < -0.4 is 29.0 Å². The highest BCUT2D eigenvalue weighted by Gasteiger charge is 2.11. The van der Waals surface area contributed by atoms with Gasteiger partial charge in [0.15, 0.2) is 23.0 Å². The SMILES string of the molecule is COc1cc2nccc(Oc3ccc(NCCOc4ccccc4OC)cc3)c2cc1OC. The van der Waals surface area contributed by atoms with Crippen LogP contribution in [0.1, 0.15) is 0 Å². The van der Waals surface area contributed by atoms with Crippen molar-refractivity contribution in [1.82, 2.24) is 4.98 Å². The summed E-state index contributed by atoms with van der Waals surface area (Å²) in [4.78, 5) is 4.41. The molecule has 0 radical (unpaired) electrons. The van der Waals surface area contributed by atoms with Gasteiger partial charge in [-0.1, -0.05) is 12.1 Å². The molecule has 4 rings (SSSR count). The average Bonchev–Trinajstić information content (AvgIpc) is 2.87. The van der Waals surface area contributed by atoms with Crippen molar-refractivity contribution in [3.05, 3.63) is 72.9 Å². The molecule has 0 saturated heterocycles. The zero-order valence-corrected chi connectivity index (χ0v) is 18.8. The first kappa shape index (κ1) is 22.1. The number of pyridine rings is 1. The molecular weight excluding hydrogens is 420 g/mol. The zero-order valence-electron chi connectivity index (χ0n) is 18.8. The van der Waals surface area contributed by atoms with Gasteiger partial charge in [0.25, 0.3) is 0 Å². The molecule has 0 unspecified atom stereocenters. The van der Waals surface area contributed by atoms with Gasteiger partial charge in [-0.25, -0.2) is 0 Å². The summed E-state index contributed by atoms with van der Waals surface area (Å²) in [7, 11) is 4.84. The zero-order chi connectivity index (χ0) is 23.0. The Morgan fingerprint density at radius 2 is 1.42 bits per heavy atom. The summed E-state index contributed by atoms with van der Waals surface area (Å²) >= 11 is 0. The number of benzene rings is 3. The van der Waals surface area contributed by atoms with Gasteiger partial charge >= 0.3 is 0 Å². The lowest BCUT2D eigenvalue weighted by Gasteiger charge is -2.13. The van der Waals surface area contributed by atoms with Gasteiger partial charge in [-0.05, 0) is 48.5 Å². The molecule has 0 aliphatic carbocycles. The maximum absolute atomic E-state index is 6.13.